The Labute approximate surface area is 93.1 Å². The van der Waals surface area contributed by atoms with E-state index in [1.165, 1.54) is 7.11 Å². The molecule has 5 nitrogen and oxygen atoms in total. The van der Waals surface area contributed by atoms with Crippen molar-refractivity contribution in [2.75, 3.05) is 19.6 Å². The molecule has 1 aromatic rings. The molecule has 5 heteroatoms. The van der Waals surface area contributed by atoms with Crippen molar-refractivity contribution in [3.8, 4) is 11.5 Å². The Morgan fingerprint density at radius 3 is 2.81 bits per heavy atom. The number of nitrogen functional groups attached to an aromatic ring is 1. The molecule has 1 aliphatic rings. The highest BCUT2D eigenvalue weighted by Crippen LogP contribution is 2.42. The van der Waals surface area contributed by atoms with Crippen molar-refractivity contribution >= 4 is 11.7 Å². The summed E-state index contributed by atoms with van der Waals surface area (Å²) in [5, 5.41) is 0. The summed E-state index contributed by atoms with van der Waals surface area (Å²) >= 11 is 0. The van der Waals surface area contributed by atoms with E-state index in [1.807, 2.05) is 6.92 Å². The van der Waals surface area contributed by atoms with Crippen LogP contribution in [0.1, 0.15) is 22.8 Å². The number of anilines is 1. The third kappa shape index (κ3) is 1.44. The standard InChI is InChI=1S/C11H13NO4/c1-3-6-7(11(13)14-2)4-8(12)10-9(6)15-5-16-10/h4H,3,5,12H2,1-2H3. The lowest BCUT2D eigenvalue weighted by Crippen LogP contribution is -2.07. The molecule has 2 N–H and O–H groups in total. The minimum atomic E-state index is -0.415. The third-order valence-corrected chi connectivity index (χ3v) is 2.53. The molecule has 86 valence electrons. The molecule has 2 rings (SSSR count). The van der Waals surface area contributed by atoms with E-state index in [2.05, 4.69) is 0 Å². The lowest BCUT2D eigenvalue weighted by Gasteiger charge is -2.10. The van der Waals surface area contributed by atoms with Crippen LogP contribution in [0.3, 0.4) is 0 Å². The highest BCUT2D eigenvalue weighted by molar-refractivity contribution is 5.94. The average Bonchev–Trinajstić information content (AvgIpc) is 2.77. The molecule has 0 atom stereocenters. The first-order chi connectivity index (χ1) is 7.69. The zero-order chi connectivity index (χ0) is 11.7. The van der Waals surface area contributed by atoms with Crippen LogP contribution >= 0.6 is 0 Å². The van der Waals surface area contributed by atoms with Gasteiger partial charge in [0.1, 0.15) is 0 Å². The smallest absolute Gasteiger partial charge is 0.338 e. The maximum absolute atomic E-state index is 11.6. The fourth-order valence-corrected chi connectivity index (χ4v) is 1.79. The largest absolute Gasteiger partial charge is 0.465 e. The highest BCUT2D eigenvalue weighted by Gasteiger charge is 2.26. The lowest BCUT2D eigenvalue weighted by molar-refractivity contribution is 0.0599. The van der Waals surface area contributed by atoms with Crippen molar-refractivity contribution in [3.05, 3.63) is 17.2 Å². The van der Waals surface area contributed by atoms with Crippen LogP contribution in [0, 0.1) is 0 Å². The summed E-state index contributed by atoms with van der Waals surface area (Å²) in [6.45, 7) is 2.07. The predicted octanol–water partition coefficient (Wildman–Crippen LogP) is 1.35. The van der Waals surface area contributed by atoms with Crippen molar-refractivity contribution in [2.24, 2.45) is 0 Å². The molecular weight excluding hydrogens is 210 g/mol. The number of esters is 1. The average molecular weight is 223 g/mol. The number of carbonyl (C=O) groups excluding carboxylic acids is 1. The Balaban J connectivity index is 2.62. The second kappa shape index (κ2) is 3.92. The molecule has 0 saturated carbocycles. The second-order valence-corrected chi connectivity index (χ2v) is 3.40. The Hall–Kier alpha value is -1.91. The van der Waals surface area contributed by atoms with Gasteiger partial charge in [-0.3, -0.25) is 0 Å². The monoisotopic (exact) mass is 223 g/mol. The zero-order valence-corrected chi connectivity index (χ0v) is 9.20. The summed E-state index contributed by atoms with van der Waals surface area (Å²) in [7, 11) is 1.34. The number of benzene rings is 1. The number of hydrogen-bond acceptors (Lipinski definition) is 5. The number of fused-ring (bicyclic) bond motifs is 1. The van der Waals surface area contributed by atoms with Gasteiger partial charge in [-0.2, -0.15) is 0 Å². The van der Waals surface area contributed by atoms with Crippen molar-refractivity contribution in [1.82, 2.24) is 0 Å². The Morgan fingerprint density at radius 1 is 1.50 bits per heavy atom. The fourth-order valence-electron chi connectivity index (χ4n) is 1.79. The Morgan fingerprint density at radius 2 is 2.19 bits per heavy atom. The van der Waals surface area contributed by atoms with Gasteiger partial charge >= 0.3 is 5.97 Å². The normalized spacial score (nSPS) is 12.6. The first-order valence-corrected chi connectivity index (χ1v) is 4.98. The molecule has 1 aliphatic heterocycles. The summed E-state index contributed by atoms with van der Waals surface area (Å²) in [6, 6.07) is 1.57. The van der Waals surface area contributed by atoms with Gasteiger partial charge in [-0.25, -0.2) is 4.79 Å². The molecule has 0 bridgehead atoms. The second-order valence-electron chi connectivity index (χ2n) is 3.40. The van der Waals surface area contributed by atoms with Gasteiger partial charge in [0.25, 0.3) is 0 Å². The van der Waals surface area contributed by atoms with E-state index in [1.54, 1.807) is 6.07 Å². The predicted molar refractivity (Wildman–Crippen MR) is 57.7 cm³/mol. The molecule has 0 amide bonds. The van der Waals surface area contributed by atoms with Crippen LogP contribution in [0.2, 0.25) is 0 Å². The SMILES string of the molecule is CCc1c(C(=O)OC)cc(N)c2c1OCO2. The molecule has 0 unspecified atom stereocenters. The number of methoxy groups -OCH3 is 1. The van der Waals surface area contributed by atoms with Gasteiger partial charge < -0.3 is 19.9 Å². The van der Waals surface area contributed by atoms with Crippen LogP contribution in [-0.4, -0.2) is 19.9 Å². The highest BCUT2D eigenvalue weighted by atomic mass is 16.7. The van der Waals surface area contributed by atoms with E-state index in [0.717, 1.165) is 5.56 Å². The summed E-state index contributed by atoms with van der Waals surface area (Å²) in [5.41, 5.74) is 7.38. The van der Waals surface area contributed by atoms with E-state index in [-0.39, 0.29) is 6.79 Å². The van der Waals surface area contributed by atoms with Gasteiger partial charge in [-0.05, 0) is 12.5 Å². The van der Waals surface area contributed by atoms with Crippen molar-refractivity contribution in [1.29, 1.82) is 0 Å². The van der Waals surface area contributed by atoms with Gasteiger partial charge in [-0.1, -0.05) is 6.92 Å². The minimum absolute atomic E-state index is 0.136. The molecule has 0 radical (unpaired) electrons. The first-order valence-electron chi connectivity index (χ1n) is 4.98. The molecule has 16 heavy (non-hydrogen) atoms. The van der Waals surface area contributed by atoms with Gasteiger partial charge in [0.2, 0.25) is 6.79 Å². The van der Waals surface area contributed by atoms with Crippen molar-refractivity contribution in [3.63, 3.8) is 0 Å². The van der Waals surface area contributed by atoms with Gasteiger partial charge in [0, 0.05) is 5.56 Å². The fraction of sp³-hybridized carbons (Fsp3) is 0.364. The molecular formula is C11H13NO4. The quantitative estimate of drug-likeness (QED) is 0.605. The summed E-state index contributed by atoms with van der Waals surface area (Å²) < 4.78 is 15.3. The molecule has 0 saturated heterocycles. The number of ether oxygens (including phenoxy) is 3. The van der Waals surface area contributed by atoms with Gasteiger partial charge in [0.15, 0.2) is 11.5 Å². The number of rotatable bonds is 2. The number of carbonyl (C=O) groups is 1. The topological polar surface area (TPSA) is 70.8 Å². The van der Waals surface area contributed by atoms with Crippen molar-refractivity contribution in [2.45, 2.75) is 13.3 Å². The summed E-state index contributed by atoms with van der Waals surface area (Å²) in [4.78, 5) is 11.6. The number of hydrogen-bond donors (Lipinski definition) is 1. The minimum Gasteiger partial charge on any atom is -0.465 e. The molecule has 0 aliphatic carbocycles. The Bertz CT molecular complexity index is 442. The maximum atomic E-state index is 11.6. The van der Waals surface area contributed by atoms with Crippen LogP contribution in [-0.2, 0) is 11.2 Å². The maximum Gasteiger partial charge on any atom is 0.338 e. The van der Waals surface area contributed by atoms with Crippen LogP contribution in [0.25, 0.3) is 0 Å². The van der Waals surface area contributed by atoms with Gasteiger partial charge in [0.05, 0.1) is 18.4 Å². The Kier molecular flexibility index (Phi) is 2.60. The van der Waals surface area contributed by atoms with E-state index in [4.69, 9.17) is 19.9 Å². The van der Waals surface area contributed by atoms with E-state index < -0.39 is 5.97 Å². The summed E-state index contributed by atoms with van der Waals surface area (Å²) in [6.07, 6.45) is 0.649. The third-order valence-electron chi connectivity index (χ3n) is 2.53. The van der Waals surface area contributed by atoms with E-state index in [9.17, 15) is 4.79 Å². The van der Waals surface area contributed by atoms with Gasteiger partial charge in [-0.15, -0.1) is 0 Å². The van der Waals surface area contributed by atoms with Crippen LogP contribution in [0.4, 0.5) is 5.69 Å². The van der Waals surface area contributed by atoms with Crippen LogP contribution < -0.4 is 15.2 Å². The van der Waals surface area contributed by atoms with Crippen molar-refractivity contribution < 1.29 is 19.0 Å². The number of nitrogens with two attached hydrogens (primary N) is 1. The van der Waals surface area contributed by atoms with E-state index in [0.29, 0.717) is 29.2 Å². The summed E-state index contributed by atoms with van der Waals surface area (Å²) in [5.74, 6) is 0.661. The van der Waals surface area contributed by atoms with E-state index >= 15 is 0 Å². The van der Waals surface area contributed by atoms with Crippen LogP contribution in [0.15, 0.2) is 6.07 Å². The molecule has 0 spiro atoms. The molecule has 0 fully saturated rings. The molecule has 0 aromatic heterocycles. The molecule has 1 heterocycles. The lowest BCUT2D eigenvalue weighted by atomic mass is 10.0. The first kappa shape index (κ1) is 10.6. The zero-order valence-electron chi connectivity index (χ0n) is 9.20. The van der Waals surface area contributed by atoms with Crippen LogP contribution in [0.5, 0.6) is 11.5 Å². The molecule has 1 aromatic carbocycles.